The summed E-state index contributed by atoms with van der Waals surface area (Å²) in [6, 6.07) is 0. The quantitative estimate of drug-likeness (QED) is 0.608. The Morgan fingerprint density at radius 3 is 2.12 bits per heavy atom. The average molecular weight is 240 g/mol. The average Bonchev–Trinajstić information content (AvgIpc) is 2.34. The van der Waals surface area contributed by atoms with E-state index in [2.05, 4.69) is 26.1 Å². The van der Waals surface area contributed by atoms with E-state index in [9.17, 15) is 4.79 Å². The van der Waals surface area contributed by atoms with Gasteiger partial charge in [0.25, 0.3) is 0 Å². The third-order valence-electron chi connectivity index (χ3n) is 2.78. The molecule has 0 unspecified atom stereocenters. The Balaban J connectivity index is 4.53. The van der Waals surface area contributed by atoms with Gasteiger partial charge in [0.1, 0.15) is 0 Å². The minimum absolute atomic E-state index is 0.0360. The minimum atomic E-state index is 0.0360. The van der Waals surface area contributed by atoms with Crippen molar-refractivity contribution in [2.45, 2.75) is 65.7 Å². The number of rotatable bonds is 9. The van der Waals surface area contributed by atoms with Crippen LogP contribution in [0.15, 0.2) is 11.3 Å². The molecule has 1 amide bonds. The lowest BCUT2D eigenvalue weighted by Gasteiger charge is -2.12. The monoisotopic (exact) mass is 240 g/mol. The van der Waals surface area contributed by atoms with Crippen molar-refractivity contribution in [2.75, 3.05) is 6.54 Å². The molecule has 0 aromatic rings. The second-order valence-electron chi connectivity index (χ2n) is 4.47. The van der Waals surface area contributed by atoms with Crippen LogP contribution in [0.25, 0.3) is 0 Å². The Morgan fingerprint density at radius 2 is 1.59 bits per heavy atom. The molecule has 0 rings (SSSR count). The molecular weight excluding hydrogens is 212 g/mol. The lowest BCUT2D eigenvalue weighted by atomic mass is 10.0. The molecule has 0 aromatic heterocycles. The summed E-state index contributed by atoms with van der Waals surface area (Å²) in [5.41, 5.74) is 7.64. The van der Waals surface area contributed by atoms with Crippen LogP contribution >= 0.6 is 0 Å². The van der Waals surface area contributed by atoms with Gasteiger partial charge in [-0.15, -0.1) is 0 Å². The predicted octanol–water partition coefficient (Wildman–Crippen LogP) is 3.11. The molecule has 0 aromatic carbocycles. The number of allylic oxidation sites excluding steroid dienone is 1. The summed E-state index contributed by atoms with van der Waals surface area (Å²) in [6.45, 7) is 7.05. The van der Waals surface area contributed by atoms with Crippen LogP contribution in [0.2, 0.25) is 0 Å². The third kappa shape index (κ3) is 7.03. The number of unbranched alkanes of at least 4 members (excludes halogenated alkanes) is 2. The van der Waals surface area contributed by atoms with Gasteiger partial charge in [0.2, 0.25) is 5.91 Å². The van der Waals surface area contributed by atoms with Gasteiger partial charge in [0.05, 0.1) is 0 Å². The van der Waals surface area contributed by atoms with Crippen molar-refractivity contribution < 1.29 is 4.79 Å². The van der Waals surface area contributed by atoms with Gasteiger partial charge in [-0.3, -0.25) is 4.79 Å². The number of hydrogen-bond donors (Lipinski definition) is 2. The SMILES string of the molecule is CCCC/C(N)=C(/CCCC)C(=O)NCCC. The van der Waals surface area contributed by atoms with Crippen molar-refractivity contribution in [1.82, 2.24) is 5.32 Å². The van der Waals surface area contributed by atoms with Crippen molar-refractivity contribution in [3.05, 3.63) is 11.3 Å². The van der Waals surface area contributed by atoms with Gasteiger partial charge in [-0.1, -0.05) is 33.6 Å². The molecule has 0 aliphatic carbocycles. The number of nitrogens with one attached hydrogen (secondary N) is 1. The first-order valence-corrected chi connectivity index (χ1v) is 6.92. The maximum Gasteiger partial charge on any atom is 0.248 e. The van der Waals surface area contributed by atoms with Crippen LogP contribution in [0.3, 0.4) is 0 Å². The van der Waals surface area contributed by atoms with E-state index in [-0.39, 0.29) is 5.91 Å². The molecule has 17 heavy (non-hydrogen) atoms. The summed E-state index contributed by atoms with van der Waals surface area (Å²) in [5.74, 6) is 0.0360. The number of carbonyl (C=O) groups is 1. The molecule has 0 bridgehead atoms. The van der Waals surface area contributed by atoms with E-state index in [0.717, 1.165) is 62.8 Å². The Bertz CT molecular complexity index is 247. The highest BCUT2D eigenvalue weighted by Gasteiger charge is 2.12. The van der Waals surface area contributed by atoms with Gasteiger partial charge in [0.15, 0.2) is 0 Å². The number of nitrogens with two attached hydrogens (primary N) is 1. The molecule has 0 fully saturated rings. The summed E-state index contributed by atoms with van der Waals surface area (Å²) in [5, 5.41) is 2.92. The fourth-order valence-electron chi connectivity index (χ4n) is 1.64. The van der Waals surface area contributed by atoms with Crippen LogP contribution in [0.4, 0.5) is 0 Å². The van der Waals surface area contributed by atoms with Crippen molar-refractivity contribution in [2.24, 2.45) is 5.73 Å². The van der Waals surface area contributed by atoms with Crippen molar-refractivity contribution in [3.63, 3.8) is 0 Å². The molecule has 0 aliphatic heterocycles. The van der Waals surface area contributed by atoms with E-state index >= 15 is 0 Å². The molecule has 0 saturated heterocycles. The fraction of sp³-hybridized carbons (Fsp3) is 0.786. The van der Waals surface area contributed by atoms with Crippen molar-refractivity contribution in [1.29, 1.82) is 0 Å². The van der Waals surface area contributed by atoms with Gasteiger partial charge < -0.3 is 11.1 Å². The first-order chi connectivity index (χ1) is 8.17. The highest BCUT2D eigenvalue weighted by molar-refractivity contribution is 5.94. The zero-order valence-corrected chi connectivity index (χ0v) is 11.6. The smallest absolute Gasteiger partial charge is 0.248 e. The number of amides is 1. The van der Waals surface area contributed by atoms with E-state index in [0.29, 0.717) is 0 Å². The highest BCUT2D eigenvalue weighted by Crippen LogP contribution is 2.14. The Labute approximate surface area is 106 Å². The summed E-state index contributed by atoms with van der Waals surface area (Å²) >= 11 is 0. The van der Waals surface area contributed by atoms with Crippen LogP contribution in [-0.4, -0.2) is 12.5 Å². The van der Waals surface area contributed by atoms with Gasteiger partial charge >= 0.3 is 0 Å². The second kappa shape index (κ2) is 10.2. The molecule has 0 spiro atoms. The maximum absolute atomic E-state index is 12.0. The van der Waals surface area contributed by atoms with E-state index in [1.807, 2.05) is 0 Å². The number of hydrogen-bond acceptors (Lipinski definition) is 2. The van der Waals surface area contributed by atoms with Crippen LogP contribution in [0.1, 0.15) is 65.7 Å². The Morgan fingerprint density at radius 1 is 1.00 bits per heavy atom. The summed E-state index contributed by atoms with van der Waals surface area (Å²) < 4.78 is 0. The van der Waals surface area contributed by atoms with E-state index in [4.69, 9.17) is 5.73 Å². The molecule has 0 saturated carbocycles. The Hall–Kier alpha value is -0.990. The topological polar surface area (TPSA) is 55.1 Å². The van der Waals surface area contributed by atoms with Crippen LogP contribution in [0.5, 0.6) is 0 Å². The standard InChI is InChI=1S/C14H28N2O/c1-4-7-9-12(13(15)10-8-5-2)14(17)16-11-6-3/h4-11,15H2,1-3H3,(H,16,17)/b13-12+. The van der Waals surface area contributed by atoms with Crippen LogP contribution in [-0.2, 0) is 4.79 Å². The summed E-state index contributed by atoms with van der Waals surface area (Å²) in [7, 11) is 0. The fourth-order valence-corrected chi connectivity index (χ4v) is 1.64. The largest absolute Gasteiger partial charge is 0.402 e. The molecule has 0 aliphatic rings. The maximum atomic E-state index is 12.0. The zero-order valence-electron chi connectivity index (χ0n) is 11.6. The number of carbonyl (C=O) groups excluding carboxylic acids is 1. The molecule has 100 valence electrons. The van der Waals surface area contributed by atoms with Crippen molar-refractivity contribution in [3.8, 4) is 0 Å². The van der Waals surface area contributed by atoms with Crippen LogP contribution in [0, 0.1) is 0 Å². The minimum Gasteiger partial charge on any atom is -0.402 e. The molecule has 3 heteroatoms. The Kier molecular flexibility index (Phi) is 9.59. The van der Waals surface area contributed by atoms with Gasteiger partial charge in [-0.05, 0) is 32.1 Å². The highest BCUT2D eigenvalue weighted by atomic mass is 16.1. The molecule has 3 nitrogen and oxygen atoms in total. The summed E-state index contributed by atoms with van der Waals surface area (Å²) in [6.07, 6.45) is 6.90. The van der Waals surface area contributed by atoms with Gasteiger partial charge in [-0.2, -0.15) is 0 Å². The molecular formula is C14H28N2O. The third-order valence-corrected chi connectivity index (χ3v) is 2.78. The lowest BCUT2D eigenvalue weighted by Crippen LogP contribution is -2.27. The van der Waals surface area contributed by atoms with Gasteiger partial charge in [-0.25, -0.2) is 0 Å². The van der Waals surface area contributed by atoms with Gasteiger partial charge in [0, 0.05) is 17.8 Å². The molecule has 0 radical (unpaired) electrons. The zero-order chi connectivity index (χ0) is 13.1. The molecule has 0 atom stereocenters. The van der Waals surface area contributed by atoms with Crippen molar-refractivity contribution >= 4 is 5.91 Å². The van der Waals surface area contributed by atoms with E-state index in [1.54, 1.807) is 0 Å². The predicted molar refractivity (Wildman–Crippen MR) is 73.6 cm³/mol. The van der Waals surface area contributed by atoms with Crippen LogP contribution < -0.4 is 11.1 Å². The first kappa shape index (κ1) is 16.0. The van der Waals surface area contributed by atoms with E-state index < -0.39 is 0 Å². The first-order valence-electron chi connectivity index (χ1n) is 6.92. The van der Waals surface area contributed by atoms with E-state index in [1.165, 1.54) is 0 Å². The second-order valence-corrected chi connectivity index (χ2v) is 4.47. The molecule has 0 heterocycles. The summed E-state index contributed by atoms with van der Waals surface area (Å²) in [4.78, 5) is 12.0. The normalized spacial score (nSPS) is 12.2. The lowest BCUT2D eigenvalue weighted by molar-refractivity contribution is -0.117. The molecule has 3 N–H and O–H groups in total.